The Morgan fingerprint density at radius 3 is 2.52 bits per heavy atom. The highest BCUT2D eigenvalue weighted by Gasteiger charge is 2.21. The van der Waals surface area contributed by atoms with E-state index in [2.05, 4.69) is 10.2 Å². The van der Waals surface area contributed by atoms with Gasteiger partial charge in [0.05, 0.1) is 10.4 Å². The summed E-state index contributed by atoms with van der Waals surface area (Å²) in [6, 6.07) is 13.3. The molecule has 6 nitrogen and oxygen atoms in total. The average Bonchev–Trinajstić information content (AvgIpc) is 3.07. The SMILES string of the molecule is O=S(=O)(c1cccc(O)c1)n1ccc2c(N3CCNCC3)cccc21. The highest BCUT2D eigenvalue weighted by atomic mass is 32.2. The quantitative estimate of drug-likeness (QED) is 0.750. The minimum Gasteiger partial charge on any atom is -0.508 e. The summed E-state index contributed by atoms with van der Waals surface area (Å²) in [5.41, 5.74) is 1.68. The normalized spacial score (nSPS) is 15.6. The first-order valence-electron chi connectivity index (χ1n) is 8.18. The standard InChI is InChI=1S/C18H19N3O3S/c22-14-3-1-4-15(13-14)25(23,24)21-10-7-16-17(5-2-6-18(16)21)20-11-8-19-9-12-20/h1-7,10,13,19,22H,8-9,11-12H2. The predicted octanol–water partition coefficient (Wildman–Crippen LogP) is 1.99. The third kappa shape index (κ3) is 2.75. The van der Waals surface area contributed by atoms with Crippen molar-refractivity contribution in [2.75, 3.05) is 31.1 Å². The number of aromatic nitrogens is 1. The molecule has 4 rings (SSSR count). The number of anilines is 1. The Morgan fingerprint density at radius 2 is 1.76 bits per heavy atom. The van der Waals surface area contributed by atoms with Gasteiger partial charge in [0.25, 0.3) is 10.0 Å². The van der Waals surface area contributed by atoms with Crippen molar-refractivity contribution in [2.24, 2.45) is 0 Å². The Bertz CT molecular complexity index is 1020. The zero-order valence-electron chi connectivity index (χ0n) is 13.6. The molecule has 0 atom stereocenters. The van der Waals surface area contributed by atoms with Crippen LogP contribution in [0.3, 0.4) is 0 Å². The lowest BCUT2D eigenvalue weighted by Gasteiger charge is -2.30. The Balaban J connectivity index is 1.84. The van der Waals surface area contributed by atoms with Gasteiger partial charge in [-0.15, -0.1) is 0 Å². The van der Waals surface area contributed by atoms with E-state index in [0.717, 1.165) is 37.3 Å². The number of hydrogen-bond donors (Lipinski definition) is 2. The van der Waals surface area contributed by atoms with Crippen molar-refractivity contribution >= 4 is 26.6 Å². The summed E-state index contributed by atoms with van der Waals surface area (Å²) in [4.78, 5) is 2.34. The lowest BCUT2D eigenvalue weighted by Crippen LogP contribution is -2.43. The molecule has 3 aromatic rings. The Morgan fingerprint density at radius 1 is 1.00 bits per heavy atom. The van der Waals surface area contributed by atoms with Crippen LogP contribution in [-0.4, -0.2) is 43.7 Å². The summed E-state index contributed by atoms with van der Waals surface area (Å²) in [5, 5.41) is 13.8. The summed E-state index contributed by atoms with van der Waals surface area (Å²) in [5.74, 6) is -0.0703. The van der Waals surface area contributed by atoms with Gasteiger partial charge in [0.15, 0.2) is 0 Å². The van der Waals surface area contributed by atoms with E-state index in [1.54, 1.807) is 12.3 Å². The average molecular weight is 357 g/mol. The monoisotopic (exact) mass is 357 g/mol. The van der Waals surface area contributed by atoms with Gasteiger partial charge in [-0.25, -0.2) is 12.4 Å². The molecule has 0 aliphatic carbocycles. The minimum absolute atomic E-state index is 0.0672. The van der Waals surface area contributed by atoms with Crippen LogP contribution in [0.5, 0.6) is 5.75 Å². The van der Waals surface area contributed by atoms with Crippen molar-refractivity contribution in [3.63, 3.8) is 0 Å². The van der Waals surface area contributed by atoms with E-state index in [-0.39, 0.29) is 10.6 Å². The molecule has 0 spiro atoms. The fourth-order valence-corrected chi connectivity index (χ4v) is 4.66. The zero-order valence-corrected chi connectivity index (χ0v) is 14.4. The molecule has 0 bridgehead atoms. The van der Waals surface area contributed by atoms with Crippen LogP contribution >= 0.6 is 0 Å². The molecule has 0 unspecified atom stereocenters. The maximum atomic E-state index is 13.0. The largest absolute Gasteiger partial charge is 0.508 e. The smallest absolute Gasteiger partial charge is 0.268 e. The van der Waals surface area contributed by atoms with Gasteiger partial charge in [-0.2, -0.15) is 0 Å². The molecular weight excluding hydrogens is 338 g/mol. The predicted molar refractivity (Wildman–Crippen MR) is 97.7 cm³/mol. The van der Waals surface area contributed by atoms with Crippen LogP contribution in [0.4, 0.5) is 5.69 Å². The molecule has 0 radical (unpaired) electrons. The van der Waals surface area contributed by atoms with E-state index < -0.39 is 10.0 Å². The highest BCUT2D eigenvalue weighted by Crippen LogP contribution is 2.30. The Kier molecular flexibility index (Phi) is 3.89. The van der Waals surface area contributed by atoms with E-state index in [9.17, 15) is 13.5 Å². The van der Waals surface area contributed by atoms with E-state index >= 15 is 0 Å². The van der Waals surface area contributed by atoms with Crippen LogP contribution in [0.1, 0.15) is 0 Å². The van der Waals surface area contributed by atoms with Gasteiger partial charge in [-0.05, 0) is 30.3 Å². The number of nitrogens with one attached hydrogen (secondary N) is 1. The first-order valence-corrected chi connectivity index (χ1v) is 9.62. The Hall–Kier alpha value is -2.51. The molecular formula is C18H19N3O3S. The van der Waals surface area contributed by atoms with Crippen LogP contribution in [0.2, 0.25) is 0 Å². The van der Waals surface area contributed by atoms with Crippen molar-refractivity contribution in [3.8, 4) is 5.75 Å². The molecule has 0 amide bonds. The van der Waals surface area contributed by atoms with Gasteiger partial charge >= 0.3 is 0 Å². The molecule has 1 aromatic heterocycles. The summed E-state index contributed by atoms with van der Waals surface area (Å²) < 4.78 is 27.2. The van der Waals surface area contributed by atoms with Crippen LogP contribution < -0.4 is 10.2 Å². The summed E-state index contributed by atoms with van der Waals surface area (Å²) in [6.45, 7) is 3.62. The van der Waals surface area contributed by atoms with Gasteiger partial charge in [0.1, 0.15) is 5.75 Å². The third-order valence-corrected chi connectivity index (χ3v) is 6.19. The molecule has 130 valence electrons. The second-order valence-corrected chi connectivity index (χ2v) is 7.88. The van der Waals surface area contributed by atoms with Crippen molar-refractivity contribution in [1.82, 2.24) is 9.29 Å². The maximum absolute atomic E-state index is 13.0. The molecule has 7 heteroatoms. The molecule has 0 saturated carbocycles. The number of nitrogens with zero attached hydrogens (tertiary/aromatic N) is 2. The third-order valence-electron chi connectivity index (χ3n) is 4.51. The van der Waals surface area contributed by atoms with Crippen LogP contribution in [0, 0.1) is 0 Å². The highest BCUT2D eigenvalue weighted by molar-refractivity contribution is 7.90. The number of fused-ring (bicyclic) bond motifs is 1. The number of aromatic hydroxyl groups is 1. The molecule has 1 fully saturated rings. The zero-order chi connectivity index (χ0) is 17.4. The van der Waals surface area contributed by atoms with Crippen molar-refractivity contribution < 1.29 is 13.5 Å². The molecule has 1 aliphatic heterocycles. The van der Waals surface area contributed by atoms with Gasteiger partial charge < -0.3 is 15.3 Å². The van der Waals surface area contributed by atoms with Gasteiger partial charge in [0.2, 0.25) is 0 Å². The molecule has 2 N–H and O–H groups in total. The van der Waals surface area contributed by atoms with Gasteiger partial charge in [-0.3, -0.25) is 0 Å². The summed E-state index contributed by atoms with van der Waals surface area (Å²) >= 11 is 0. The number of phenols is 1. The minimum atomic E-state index is -3.77. The number of hydrogen-bond acceptors (Lipinski definition) is 5. The van der Waals surface area contributed by atoms with Crippen LogP contribution in [-0.2, 0) is 10.0 Å². The second-order valence-electron chi connectivity index (χ2n) is 6.06. The lowest BCUT2D eigenvalue weighted by molar-refractivity contribution is 0.473. The fraction of sp³-hybridized carbons (Fsp3) is 0.222. The van der Waals surface area contributed by atoms with E-state index in [1.165, 1.54) is 28.2 Å². The maximum Gasteiger partial charge on any atom is 0.268 e. The number of phenolic OH excluding ortho intramolecular Hbond substituents is 1. The molecule has 25 heavy (non-hydrogen) atoms. The van der Waals surface area contributed by atoms with Gasteiger partial charge in [0, 0.05) is 49.5 Å². The molecule has 1 saturated heterocycles. The molecule has 1 aliphatic rings. The number of rotatable bonds is 3. The summed E-state index contributed by atoms with van der Waals surface area (Å²) in [6.07, 6.45) is 1.58. The van der Waals surface area contributed by atoms with Gasteiger partial charge in [-0.1, -0.05) is 12.1 Å². The first kappa shape index (κ1) is 16.0. The topological polar surface area (TPSA) is 74.6 Å². The second kappa shape index (κ2) is 6.09. The number of piperazine rings is 1. The lowest BCUT2D eigenvalue weighted by atomic mass is 10.2. The van der Waals surface area contributed by atoms with E-state index in [0.29, 0.717) is 5.52 Å². The molecule has 2 aromatic carbocycles. The first-order chi connectivity index (χ1) is 12.1. The summed E-state index contributed by atoms with van der Waals surface area (Å²) in [7, 11) is -3.77. The molecule has 2 heterocycles. The fourth-order valence-electron chi connectivity index (χ4n) is 3.28. The van der Waals surface area contributed by atoms with E-state index in [4.69, 9.17) is 0 Å². The number of benzene rings is 2. The van der Waals surface area contributed by atoms with Crippen LogP contribution in [0.15, 0.2) is 59.6 Å². The van der Waals surface area contributed by atoms with Crippen molar-refractivity contribution in [3.05, 3.63) is 54.7 Å². The van der Waals surface area contributed by atoms with Crippen molar-refractivity contribution in [2.45, 2.75) is 4.90 Å². The van der Waals surface area contributed by atoms with Crippen LogP contribution in [0.25, 0.3) is 10.9 Å². The van der Waals surface area contributed by atoms with E-state index in [1.807, 2.05) is 18.2 Å². The Labute approximate surface area is 146 Å². The van der Waals surface area contributed by atoms with Crippen molar-refractivity contribution in [1.29, 1.82) is 0 Å².